The van der Waals surface area contributed by atoms with Gasteiger partial charge in [0.25, 0.3) is 0 Å². The van der Waals surface area contributed by atoms with Crippen LogP contribution in [0.2, 0.25) is 0 Å². The van der Waals surface area contributed by atoms with Crippen LogP contribution in [0.25, 0.3) is 0 Å². The molecule has 3 nitrogen and oxygen atoms in total. The normalized spacial score (nSPS) is 31.5. The Bertz CT molecular complexity index is 485. The summed E-state index contributed by atoms with van der Waals surface area (Å²) in [7, 11) is 0. The summed E-state index contributed by atoms with van der Waals surface area (Å²) in [4.78, 5) is 14.1. The topological polar surface area (TPSA) is 40.5 Å². The molecule has 18 heavy (non-hydrogen) atoms. The smallest absolute Gasteiger partial charge is 0.328 e. The highest BCUT2D eigenvalue weighted by atomic mass is 16.4. The fourth-order valence-corrected chi connectivity index (χ4v) is 3.56. The van der Waals surface area contributed by atoms with Gasteiger partial charge in [-0.05, 0) is 42.9 Å². The zero-order chi connectivity index (χ0) is 12.8. The van der Waals surface area contributed by atoms with Crippen LogP contribution in [-0.4, -0.2) is 29.1 Å². The van der Waals surface area contributed by atoms with E-state index >= 15 is 0 Å². The molecule has 2 aliphatic rings. The molecule has 0 spiro atoms. The average Bonchev–Trinajstić information content (AvgIpc) is 2.93. The third-order valence-electron chi connectivity index (χ3n) is 4.54. The van der Waals surface area contributed by atoms with Gasteiger partial charge in [0.1, 0.15) is 5.54 Å². The van der Waals surface area contributed by atoms with Gasteiger partial charge in [0.05, 0.1) is 0 Å². The van der Waals surface area contributed by atoms with Gasteiger partial charge in [-0.15, -0.1) is 0 Å². The zero-order valence-corrected chi connectivity index (χ0v) is 10.7. The number of carboxylic acids is 1. The monoisotopic (exact) mass is 245 g/mol. The molecular formula is C15H19NO2. The van der Waals surface area contributed by atoms with E-state index in [0.717, 1.165) is 31.5 Å². The molecule has 1 aliphatic carbocycles. The van der Waals surface area contributed by atoms with Crippen molar-refractivity contribution in [2.24, 2.45) is 5.92 Å². The predicted molar refractivity (Wildman–Crippen MR) is 69.4 cm³/mol. The Morgan fingerprint density at radius 2 is 2.22 bits per heavy atom. The number of carbonyl (C=O) groups is 1. The Morgan fingerprint density at radius 3 is 2.89 bits per heavy atom. The van der Waals surface area contributed by atoms with Gasteiger partial charge in [0.15, 0.2) is 0 Å². The fraction of sp³-hybridized carbons (Fsp3) is 0.533. The fourth-order valence-electron chi connectivity index (χ4n) is 3.56. The van der Waals surface area contributed by atoms with Crippen molar-refractivity contribution in [2.75, 3.05) is 13.1 Å². The van der Waals surface area contributed by atoms with Crippen molar-refractivity contribution < 1.29 is 9.90 Å². The average molecular weight is 245 g/mol. The minimum atomic E-state index is -0.763. The molecule has 1 aliphatic heterocycles. The van der Waals surface area contributed by atoms with Crippen molar-refractivity contribution in [1.82, 2.24) is 4.90 Å². The first-order valence-corrected chi connectivity index (χ1v) is 6.71. The molecule has 1 fully saturated rings. The summed E-state index contributed by atoms with van der Waals surface area (Å²) in [5.74, 6) is -0.0736. The number of carboxylic acid groups (broad SMARTS) is 1. The standard InChI is InChI=1S/C15H19NO2/c1-11-7-9-16(10-11)15(14(17)18)8-6-12-4-2-3-5-13(12)15/h2-5,11H,6-10H2,1H3,(H,17,18). The number of benzene rings is 1. The summed E-state index contributed by atoms with van der Waals surface area (Å²) < 4.78 is 0. The molecule has 0 bridgehead atoms. The second kappa shape index (κ2) is 4.09. The lowest BCUT2D eigenvalue weighted by Crippen LogP contribution is -2.49. The molecule has 0 radical (unpaired) electrons. The first-order valence-electron chi connectivity index (χ1n) is 6.71. The Morgan fingerprint density at radius 1 is 1.44 bits per heavy atom. The molecule has 1 saturated heterocycles. The van der Waals surface area contributed by atoms with Gasteiger partial charge in [-0.25, -0.2) is 4.79 Å². The second-order valence-electron chi connectivity index (χ2n) is 5.66. The van der Waals surface area contributed by atoms with E-state index in [1.165, 1.54) is 5.56 Å². The lowest BCUT2D eigenvalue weighted by atomic mass is 9.90. The SMILES string of the molecule is CC1CCN(C2(C(=O)O)CCc3ccccc32)C1. The number of aliphatic carboxylic acids is 1. The lowest BCUT2D eigenvalue weighted by Gasteiger charge is -2.35. The number of fused-ring (bicyclic) bond motifs is 1. The third-order valence-corrected chi connectivity index (χ3v) is 4.54. The van der Waals surface area contributed by atoms with Crippen molar-refractivity contribution in [1.29, 1.82) is 0 Å². The molecule has 1 heterocycles. The minimum Gasteiger partial charge on any atom is -0.480 e. The highest BCUT2D eigenvalue weighted by molar-refractivity contribution is 5.82. The maximum Gasteiger partial charge on any atom is 0.328 e. The quantitative estimate of drug-likeness (QED) is 0.868. The number of hydrogen-bond acceptors (Lipinski definition) is 2. The molecular weight excluding hydrogens is 226 g/mol. The van der Waals surface area contributed by atoms with Gasteiger partial charge >= 0.3 is 5.97 Å². The third kappa shape index (κ3) is 1.50. The van der Waals surface area contributed by atoms with E-state index in [2.05, 4.69) is 17.9 Å². The molecule has 0 saturated carbocycles. The van der Waals surface area contributed by atoms with Crippen molar-refractivity contribution in [3.8, 4) is 0 Å². The number of likely N-dealkylation sites (tertiary alicyclic amines) is 1. The Hall–Kier alpha value is -1.35. The minimum absolute atomic E-state index is 0.606. The van der Waals surface area contributed by atoms with Crippen LogP contribution in [0.5, 0.6) is 0 Å². The molecule has 0 amide bonds. The van der Waals surface area contributed by atoms with E-state index in [0.29, 0.717) is 12.3 Å². The van der Waals surface area contributed by atoms with Crippen molar-refractivity contribution in [3.63, 3.8) is 0 Å². The Kier molecular flexibility index (Phi) is 2.67. The molecule has 96 valence electrons. The molecule has 3 heteroatoms. The van der Waals surface area contributed by atoms with Crippen LogP contribution in [0.3, 0.4) is 0 Å². The van der Waals surface area contributed by atoms with Crippen LogP contribution in [0.1, 0.15) is 30.9 Å². The van der Waals surface area contributed by atoms with Crippen LogP contribution in [-0.2, 0) is 16.8 Å². The van der Waals surface area contributed by atoms with E-state index in [-0.39, 0.29) is 0 Å². The Labute approximate surface area is 107 Å². The van der Waals surface area contributed by atoms with Gasteiger partial charge < -0.3 is 5.11 Å². The number of hydrogen-bond donors (Lipinski definition) is 1. The van der Waals surface area contributed by atoms with Gasteiger partial charge in [0.2, 0.25) is 0 Å². The van der Waals surface area contributed by atoms with Crippen molar-refractivity contribution >= 4 is 5.97 Å². The first kappa shape index (κ1) is 11.7. The highest BCUT2D eigenvalue weighted by Gasteiger charge is 2.51. The zero-order valence-electron chi connectivity index (χ0n) is 10.7. The summed E-state index contributed by atoms with van der Waals surface area (Å²) in [6.45, 7) is 4.01. The Balaban J connectivity index is 2.07. The van der Waals surface area contributed by atoms with E-state index in [9.17, 15) is 9.90 Å². The molecule has 3 rings (SSSR count). The number of aryl methyl sites for hydroxylation is 1. The van der Waals surface area contributed by atoms with Gasteiger partial charge in [-0.3, -0.25) is 4.90 Å². The van der Waals surface area contributed by atoms with Crippen molar-refractivity contribution in [2.45, 2.75) is 31.7 Å². The van der Waals surface area contributed by atoms with Crippen LogP contribution >= 0.6 is 0 Å². The summed E-state index contributed by atoms with van der Waals surface area (Å²) >= 11 is 0. The molecule has 2 atom stereocenters. The van der Waals surface area contributed by atoms with Crippen molar-refractivity contribution in [3.05, 3.63) is 35.4 Å². The first-order chi connectivity index (χ1) is 8.64. The summed E-state index contributed by atoms with van der Waals surface area (Å²) in [6.07, 6.45) is 2.71. The van der Waals surface area contributed by atoms with E-state index in [4.69, 9.17) is 0 Å². The van der Waals surface area contributed by atoms with E-state index in [1.807, 2.05) is 18.2 Å². The molecule has 0 aromatic heterocycles. The summed E-state index contributed by atoms with van der Waals surface area (Å²) in [6, 6.07) is 8.03. The molecule has 1 N–H and O–H groups in total. The number of rotatable bonds is 2. The maximum absolute atomic E-state index is 11.9. The van der Waals surface area contributed by atoms with Crippen LogP contribution in [0, 0.1) is 5.92 Å². The largest absolute Gasteiger partial charge is 0.480 e. The number of nitrogens with zero attached hydrogens (tertiary/aromatic N) is 1. The molecule has 1 aromatic rings. The van der Waals surface area contributed by atoms with Gasteiger partial charge in [-0.2, -0.15) is 0 Å². The predicted octanol–water partition coefficient (Wildman–Crippen LogP) is 2.25. The van der Waals surface area contributed by atoms with Gasteiger partial charge in [0, 0.05) is 6.54 Å². The van der Waals surface area contributed by atoms with E-state index < -0.39 is 11.5 Å². The molecule has 2 unspecified atom stereocenters. The van der Waals surface area contributed by atoms with Crippen LogP contribution < -0.4 is 0 Å². The van der Waals surface area contributed by atoms with Crippen LogP contribution in [0.4, 0.5) is 0 Å². The van der Waals surface area contributed by atoms with E-state index in [1.54, 1.807) is 0 Å². The van der Waals surface area contributed by atoms with Crippen LogP contribution in [0.15, 0.2) is 24.3 Å². The molecule has 1 aromatic carbocycles. The summed E-state index contributed by atoms with van der Waals surface area (Å²) in [5.41, 5.74) is 1.47. The maximum atomic E-state index is 11.9. The summed E-state index contributed by atoms with van der Waals surface area (Å²) in [5, 5.41) is 9.82. The second-order valence-corrected chi connectivity index (χ2v) is 5.66. The lowest BCUT2D eigenvalue weighted by molar-refractivity contribution is -0.152. The highest BCUT2D eigenvalue weighted by Crippen LogP contribution is 2.44. The van der Waals surface area contributed by atoms with Gasteiger partial charge in [-0.1, -0.05) is 31.2 Å².